The van der Waals surface area contributed by atoms with Crippen molar-refractivity contribution >= 4 is 11.8 Å². The zero-order valence-corrected chi connectivity index (χ0v) is 11.5. The van der Waals surface area contributed by atoms with E-state index in [1.807, 2.05) is 18.0 Å². The highest BCUT2D eigenvalue weighted by atomic mass is 32.2. The van der Waals surface area contributed by atoms with Crippen LogP contribution in [-0.4, -0.2) is 17.3 Å². The summed E-state index contributed by atoms with van der Waals surface area (Å²) in [5.74, 6) is 1.85. The van der Waals surface area contributed by atoms with Gasteiger partial charge in [0.05, 0.1) is 5.03 Å². The van der Waals surface area contributed by atoms with Crippen LogP contribution in [0.25, 0.3) is 0 Å². The number of nitrogens with zero attached hydrogens (tertiary/aromatic N) is 1. The highest BCUT2D eigenvalue weighted by molar-refractivity contribution is 7.99. The fourth-order valence-electron chi connectivity index (χ4n) is 1.38. The molecule has 0 unspecified atom stereocenters. The molecule has 1 aromatic heterocycles. The van der Waals surface area contributed by atoms with Crippen LogP contribution in [0.5, 0.6) is 0 Å². The molecule has 90 valence electrons. The van der Waals surface area contributed by atoms with Crippen LogP contribution in [0.4, 0.5) is 0 Å². The van der Waals surface area contributed by atoms with Crippen molar-refractivity contribution in [1.82, 2.24) is 10.3 Å². The Labute approximate surface area is 103 Å². The van der Waals surface area contributed by atoms with Crippen LogP contribution in [0.15, 0.2) is 17.3 Å². The molecule has 3 heteroatoms. The number of nitrogens with one attached hydrogen (secondary N) is 1. The molecule has 1 aromatic rings. The quantitative estimate of drug-likeness (QED) is 0.770. The average Bonchev–Trinajstić information content (AvgIpc) is 2.24. The second-order valence-corrected chi connectivity index (χ2v) is 5.46. The highest BCUT2D eigenvalue weighted by Crippen LogP contribution is 2.22. The van der Waals surface area contributed by atoms with Gasteiger partial charge in [0.15, 0.2) is 0 Å². The lowest BCUT2D eigenvalue weighted by molar-refractivity contribution is 0.721. The monoisotopic (exact) mass is 238 g/mol. The normalized spacial score (nSPS) is 11.1. The lowest BCUT2D eigenvalue weighted by Crippen LogP contribution is -2.12. The van der Waals surface area contributed by atoms with Gasteiger partial charge < -0.3 is 5.32 Å². The van der Waals surface area contributed by atoms with E-state index in [9.17, 15) is 0 Å². The number of hydrogen-bond donors (Lipinski definition) is 1. The maximum Gasteiger partial charge on any atom is 0.0989 e. The molecule has 0 aliphatic heterocycles. The minimum absolute atomic E-state index is 0.715. The molecule has 0 aliphatic rings. The summed E-state index contributed by atoms with van der Waals surface area (Å²) < 4.78 is 0. The van der Waals surface area contributed by atoms with E-state index in [1.54, 1.807) is 0 Å². The van der Waals surface area contributed by atoms with E-state index < -0.39 is 0 Å². The van der Waals surface area contributed by atoms with Gasteiger partial charge in [-0.1, -0.05) is 26.8 Å². The van der Waals surface area contributed by atoms with Gasteiger partial charge in [0.2, 0.25) is 0 Å². The predicted octanol–water partition coefficient (Wildman–Crippen LogP) is 3.25. The van der Waals surface area contributed by atoms with Gasteiger partial charge in [0.1, 0.15) is 0 Å². The van der Waals surface area contributed by atoms with Gasteiger partial charge in [-0.15, -0.1) is 11.8 Å². The predicted molar refractivity (Wildman–Crippen MR) is 71.9 cm³/mol. The van der Waals surface area contributed by atoms with Crippen molar-refractivity contribution in [3.8, 4) is 0 Å². The van der Waals surface area contributed by atoms with Crippen LogP contribution < -0.4 is 5.32 Å². The van der Waals surface area contributed by atoms with Crippen LogP contribution >= 0.6 is 11.8 Å². The number of aryl methyl sites for hydroxylation is 1. The second kappa shape index (κ2) is 6.92. The third-order valence-electron chi connectivity index (χ3n) is 2.22. The van der Waals surface area contributed by atoms with Crippen molar-refractivity contribution in [2.45, 2.75) is 39.3 Å². The fourth-order valence-corrected chi connectivity index (χ4v) is 2.29. The molecule has 0 bridgehead atoms. The Morgan fingerprint density at radius 1 is 1.44 bits per heavy atom. The summed E-state index contributed by atoms with van der Waals surface area (Å²) in [7, 11) is 0. The SMILES string of the molecule is CCNCc1cnc(SCC(C)C)c(C)c1. The molecule has 1 rings (SSSR count). The Bertz CT molecular complexity index is 324. The number of rotatable bonds is 6. The molecule has 0 amide bonds. The maximum absolute atomic E-state index is 4.53. The molecule has 0 aliphatic carbocycles. The molecule has 0 aromatic carbocycles. The molecule has 0 saturated heterocycles. The summed E-state index contributed by atoms with van der Waals surface area (Å²) in [5, 5.41) is 4.49. The van der Waals surface area contributed by atoms with Crippen molar-refractivity contribution in [1.29, 1.82) is 0 Å². The molecule has 0 atom stereocenters. The smallest absolute Gasteiger partial charge is 0.0989 e. The molecule has 0 spiro atoms. The zero-order valence-electron chi connectivity index (χ0n) is 10.7. The van der Waals surface area contributed by atoms with Gasteiger partial charge >= 0.3 is 0 Å². The number of thioether (sulfide) groups is 1. The first-order valence-corrected chi connectivity index (χ1v) is 6.91. The van der Waals surface area contributed by atoms with Crippen LogP contribution in [0.1, 0.15) is 31.9 Å². The molecule has 0 saturated carbocycles. The lowest BCUT2D eigenvalue weighted by Gasteiger charge is -2.09. The zero-order chi connectivity index (χ0) is 12.0. The summed E-state index contributed by atoms with van der Waals surface area (Å²) in [5.41, 5.74) is 2.56. The van der Waals surface area contributed by atoms with Crippen molar-refractivity contribution in [3.05, 3.63) is 23.4 Å². The topological polar surface area (TPSA) is 24.9 Å². The summed E-state index contributed by atoms with van der Waals surface area (Å²) in [6, 6.07) is 2.23. The van der Waals surface area contributed by atoms with Crippen LogP contribution in [-0.2, 0) is 6.54 Å². The summed E-state index contributed by atoms with van der Waals surface area (Å²) >= 11 is 1.86. The summed E-state index contributed by atoms with van der Waals surface area (Å²) in [4.78, 5) is 4.53. The van der Waals surface area contributed by atoms with Gasteiger partial charge in [-0.2, -0.15) is 0 Å². The minimum atomic E-state index is 0.715. The lowest BCUT2D eigenvalue weighted by atomic mass is 10.2. The van der Waals surface area contributed by atoms with Crippen LogP contribution in [0.3, 0.4) is 0 Å². The Hall–Kier alpha value is -0.540. The van der Waals surface area contributed by atoms with E-state index in [0.29, 0.717) is 5.92 Å². The molecule has 16 heavy (non-hydrogen) atoms. The van der Waals surface area contributed by atoms with Crippen molar-refractivity contribution in [2.24, 2.45) is 5.92 Å². The Morgan fingerprint density at radius 2 is 2.19 bits per heavy atom. The standard InChI is InChI=1S/C13H22N2S/c1-5-14-7-12-6-11(4)13(15-8-12)16-9-10(2)3/h6,8,10,14H,5,7,9H2,1-4H3. The van der Waals surface area contributed by atoms with E-state index in [-0.39, 0.29) is 0 Å². The van der Waals surface area contributed by atoms with E-state index >= 15 is 0 Å². The first kappa shape index (κ1) is 13.5. The number of aromatic nitrogens is 1. The first-order chi connectivity index (χ1) is 7.63. The fraction of sp³-hybridized carbons (Fsp3) is 0.615. The van der Waals surface area contributed by atoms with Gasteiger partial charge in [-0.05, 0) is 30.5 Å². The molecule has 1 heterocycles. The van der Waals surface area contributed by atoms with E-state index in [1.165, 1.54) is 16.2 Å². The van der Waals surface area contributed by atoms with Crippen molar-refractivity contribution < 1.29 is 0 Å². The number of hydrogen-bond acceptors (Lipinski definition) is 3. The largest absolute Gasteiger partial charge is 0.313 e. The number of pyridine rings is 1. The highest BCUT2D eigenvalue weighted by Gasteiger charge is 2.03. The molecule has 0 fully saturated rings. The second-order valence-electron chi connectivity index (χ2n) is 4.45. The van der Waals surface area contributed by atoms with E-state index in [4.69, 9.17) is 0 Å². The Morgan fingerprint density at radius 3 is 2.75 bits per heavy atom. The van der Waals surface area contributed by atoms with Crippen molar-refractivity contribution in [2.75, 3.05) is 12.3 Å². The molecular formula is C13H22N2S. The van der Waals surface area contributed by atoms with Gasteiger partial charge in [0, 0.05) is 18.5 Å². The maximum atomic E-state index is 4.53. The third kappa shape index (κ3) is 4.54. The molecular weight excluding hydrogens is 216 g/mol. The van der Waals surface area contributed by atoms with Gasteiger partial charge in [-0.3, -0.25) is 0 Å². The first-order valence-electron chi connectivity index (χ1n) is 5.92. The molecule has 2 nitrogen and oxygen atoms in total. The van der Waals surface area contributed by atoms with Gasteiger partial charge in [0.25, 0.3) is 0 Å². The van der Waals surface area contributed by atoms with Crippen LogP contribution in [0.2, 0.25) is 0 Å². The van der Waals surface area contributed by atoms with E-state index in [2.05, 4.69) is 44.1 Å². The Balaban J connectivity index is 2.60. The minimum Gasteiger partial charge on any atom is -0.313 e. The van der Waals surface area contributed by atoms with Crippen LogP contribution in [0, 0.1) is 12.8 Å². The van der Waals surface area contributed by atoms with E-state index in [0.717, 1.165) is 18.8 Å². The Kier molecular flexibility index (Phi) is 5.85. The van der Waals surface area contributed by atoms with Gasteiger partial charge in [-0.25, -0.2) is 4.98 Å². The molecule has 1 N–H and O–H groups in total. The van der Waals surface area contributed by atoms with Crippen molar-refractivity contribution in [3.63, 3.8) is 0 Å². The molecule has 0 radical (unpaired) electrons. The summed E-state index contributed by atoms with van der Waals surface area (Å²) in [6.45, 7) is 10.7. The third-order valence-corrected chi connectivity index (χ3v) is 3.75. The average molecular weight is 238 g/mol. The summed E-state index contributed by atoms with van der Waals surface area (Å²) in [6.07, 6.45) is 1.98.